The molecule has 1 aromatic rings. The lowest BCUT2D eigenvalue weighted by Crippen LogP contribution is -2.45. The van der Waals surface area contributed by atoms with Gasteiger partial charge in [-0.15, -0.1) is 0 Å². The van der Waals surface area contributed by atoms with Crippen LogP contribution in [0, 0.1) is 12.3 Å². The van der Waals surface area contributed by atoms with Crippen molar-refractivity contribution in [1.82, 2.24) is 10.2 Å². The van der Waals surface area contributed by atoms with E-state index >= 15 is 0 Å². The highest BCUT2D eigenvalue weighted by Crippen LogP contribution is 2.38. The molecule has 1 aromatic carbocycles. The first kappa shape index (κ1) is 20.3. The Morgan fingerprint density at radius 2 is 1.93 bits per heavy atom. The van der Waals surface area contributed by atoms with Gasteiger partial charge < -0.3 is 16.0 Å². The van der Waals surface area contributed by atoms with Crippen LogP contribution < -0.4 is 11.1 Å². The van der Waals surface area contributed by atoms with E-state index in [1.165, 1.54) is 25.3 Å². The predicted molar refractivity (Wildman–Crippen MR) is 99.2 cm³/mol. The fraction of sp³-hybridized carbons (Fsp3) is 0.579. The second kappa shape index (κ2) is 8.27. The summed E-state index contributed by atoms with van der Waals surface area (Å²) in [6.45, 7) is 2.38. The minimum absolute atomic E-state index is 0.0851. The average Bonchev–Trinajstić information content (AvgIpc) is 3.44. The third-order valence-corrected chi connectivity index (χ3v) is 5.52. The van der Waals surface area contributed by atoms with Crippen LogP contribution in [0.4, 0.5) is 18.9 Å². The van der Waals surface area contributed by atoms with Gasteiger partial charge in [0.05, 0.1) is 22.7 Å². The van der Waals surface area contributed by atoms with Crippen LogP contribution in [0.5, 0.6) is 0 Å². The number of nitrogen functional groups attached to an aromatic ring is 1. The summed E-state index contributed by atoms with van der Waals surface area (Å²) < 4.78 is 39.1. The summed E-state index contributed by atoms with van der Waals surface area (Å²) >= 11 is 5.82. The van der Waals surface area contributed by atoms with Crippen molar-refractivity contribution in [2.24, 2.45) is 5.92 Å². The number of hydrogen-bond donors (Lipinski definition) is 2. The molecule has 149 valence electrons. The second-order valence-corrected chi connectivity index (χ2v) is 7.80. The number of benzene rings is 1. The summed E-state index contributed by atoms with van der Waals surface area (Å²) in [6.07, 6.45) is 1.34. The number of amides is 1. The monoisotopic (exact) mass is 402 g/mol. The zero-order chi connectivity index (χ0) is 19.6. The van der Waals surface area contributed by atoms with Gasteiger partial charge in [0.1, 0.15) is 0 Å². The van der Waals surface area contributed by atoms with E-state index in [1.807, 2.05) is 0 Å². The molecule has 1 heterocycles. The summed E-state index contributed by atoms with van der Waals surface area (Å²) in [7, 11) is 0. The molecule has 0 bridgehead atoms. The fourth-order valence-corrected chi connectivity index (χ4v) is 3.56. The SMILES string of the molecule is Nc1c(Cl)cc(C[CH]C(=O)N2CCC(NCC3CC3)CC2)cc1C(F)(F)F. The molecular formula is C19H24ClF3N3O. The van der Waals surface area contributed by atoms with Crippen LogP contribution in [-0.2, 0) is 17.4 Å². The summed E-state index contributed by atoms with van der Waals surface area (Å²) in [6, 6.07) is 2.78. The summed E-state index contributed by atoms with van der Waals surface area (Å²) in [5.74, 6) is 0.670. The molecule has 3 N–H and O–H groups in total. The van der Waals surface area contributed by atoms with Crippen molar-refractivity contribution < 1.29 is 18.0 Å². The quantitative estimate of drug-likeness (QED) is 0.714. The molecule has 8 heteroatoms. The predicted octanol–water partition coefficient (Wildman–Crippen LogP) is 3.68. The summed E-state index contributed by atoms with van der Waals surface area (Å²) in [4.78, 5) is 14.1. The Kier molecular flexibility index (Phi) is 6.21. The van der Waals surface area contributed by atoms with Crippen molar-refractivity contribution in [2.45, 2.75) is 44.3 Å². The molecule has 1 amide bonds. The molecule has 0 spiro atoms. The van der Waals surface area contributed by atoms with Crippen LogP contribution in [-0.4, -0.2) is 36.5 Å². The van der Waals surface area contributed by atoms with Crippen molar-refractivity contribution in [3.05, 3.63) is 34.7 Å². The van der Waals surface area contributed by atoms with E-state index in [1.54, 1.807) is 4.90 Å². The van der Waals surface area contributed by atoms with Gasteiger partial charge in [-0.25, -0.2) is 0 Å². The van der Waals surface area contributed by atoms with Gasteiger partial charge in [-0.05, 0) is 62.3 Å². The van der Waals surface area contributed by atoms with Crippen molar-refractivity contribution in [3.8, 4) is 0 Å². The lowest BCUT2D eigenvalue weighted by atomic mass is 10.0. The van der Waals surface area contributed by atoms with E-state index in [2.05, 4.69) is 5.32 Å². The van der Waals surface area contributed by atoms with E-state index in [4.69, 9.17) is 17.3 Å². The Morgan fingerprint density at radius 3 is 2.52 bits per heavy atom. The second-order valence-electron chi connectivity index (χ2n) is 7.40. The van der Waals surface area contributed by atoms with Crippen LogP contribution in [0.25, 0.3) is 0 Å². The van der Waals surface area contributed by atoms with Crippen molar-refractivity contribution in [1.29, 1.82) is 0 Å². The maximum atomic E-state index is 13.0. The average molecular weight is 403 g/mol. The molecule has 4 nitrogen and oxygen atoms in total. The third kappa shape index (κ3) is 5.51. The Labute approximate surface area is 162 Å². The number of carbonyl (C=O) groups is 1. The molecule has 2 aliphatic rings. The lowest BCUT2D eigenvalue weighted by Gasteiger charge is -2.32. The van der Waals surface area contributed by atoms with Gasteiger partial charge in [0.2, 0.25) is 5.91 Å². The largest absolute Gasteiger partial charge is 0.418 e. The molecule has 1 aliphatic carbocycles. The highest BCUT2D eigenvalue weighted by Gasteiger charge is 2.34. The van der Waals surface area contributed by atoms with E-state index in [0.717, 1.165) is 31.4 Å². The van der Waals surface area contributed by atoms with Gasteiger partial charge in [0, 0.05) is 19.1 Å². The van der Waals surface area contributed by atoms with Crippen LogP contribution >= 0.6 is 11.6 Å². The Morgan fingerprint density at radius 1 is 1.26 bits per heavy atom. The lowest BCUT2D eigenvalue weighted by molar-refractivity contribution is -0.137. The number of halogens is 4. The van der Waals surface area contributed by atoms with Crippen molar-refractivity contribution in [2.75, 3.05) is 25.4 Å². The molecular weight excluding hydrogens is 379 g/mol. The molecule has 27 heavy (non-hydrogen) atoms. The number of likely N-dealkylation sites (tertiary alicyclic amines) is 1. The van der Waals surface area contributed by atoms with Gasteiger partial charge >= 0.3 is 6.18 Å². The molecule has 1 saturated heterocycles. The Bertz CT molecular complexity index is 684. The van der Waals surface area contributed by atoms with Gasteiger partial charge in [0.25, 0.3) is 0 Å². The minimum Gasteiger partial charge on any atom is -0.397 e. The number of rotatable bonds is 6. The number of alkyl halides is 3. The van der Waals surface area contributed by atoms with Crippen LogP contribution in [0.15, 0.2) is 12.1 Å². The van der Waals surface area contributed by atoms with Gasteiger partial charge in [-0.3, -0.25) is 4.79 Å². The molecule has 1 saturated carbocycles. The molecule has 0 aromatic heterocycles. The molecule has 1 aliphatic heterocycles. The normalized spacial score (nSPS) is 18.7. The molecule has 2 fully saturated rings. The summed E-state index contributed by atoms with van der Waals surface area (Å²) in [5.41, 5.74) is 4.29. The molecule has 0 atom stereocenters. The number of anilines is 1. The first-order valence-electron chi connectivity index (χ1n) is 9.24. The smallest absolute Gasteiger partial charge is 0.397 e. The zero-order valence-corrected chi connectivity index (χ0v) is 15.7. The number of carbonyl (C=O) groups excluding carboxylic acids is 1. The van der Waals surface area contributed by atoms with E-state index in [9.17, 15) is 18.0 Å². The number of hydrogen-bond acceptors (Lipinski definition) is 3. The molecule has 3 rings (SSSR count). The highest BCUT2D eigenvalue weighted by molar-refractivity contribution is 6.33. The number of nitrogens with two attached hydrogens (primary N) is 1. The highest BCUT2D eigenvalue weighted by atomic mass is 35.5. The topological polar surface area (TPSA) is 58.4 Å². The Hall–Kier alpha value is -1.47. The number of nitrogens with one attached hydrogen (secondary N) is 1. The maximum Gasteiger partial charge on any atom is 0.418 e. The third-order valence-electron chi connectivity index (χ3n) is 5.21. The number of piperidine rings is 1. The Balaban J connectivity index is 1.50. The molecule has 0 unspecified atom stereocenters. The van der Waals surface area contributed by atoms with Crippen molar-refractivity contribution >= 4 is 23.2 Å². The van der Waals surface area contributed by atoms with Crippen LogP contribution in [0.3, 0.4) is 0 Å². The van der Waals surface area contributed by atoms with E-state index in [0.29, 0.717) is 24.7 Å². The number of nitrogens with zero attached hydrogens (tertiary/aromatic N) is 1. The minimum atomic E-state index is -4.58. The van der Waals surface area contributed by atoms with Crippen LogP contribution in [0.2, 0.25) is 5.02 Å². The van der Waals surface area contributed by atoms with Gasteiger partial charge in [0.15, 0.2) is 0 Å². The maximum absolute atomic E-state index is 13.0. The van der Waals surface area contributed by atoms with Crippen LogP contribution in [0.1, 0.15) is 36.8 Å². The van der Waals surface area contributed by atoms with Crippen molar-refractivity contribution in [3.63, 3.8) is 0 Å². The van der Waals surface area contributed by atoms with Gasteiger partial charge in [-0.1, -0.05) is 11.6 Å². The standard InChI is InChI=1S/C19H24ClF3N3O/c20-16-10-13(9-15(18(16)24)19(21,22)23)3-4-17(27)26-7-5-14(6-8-26)25-11-12-1-2-12/h4,9-10,12,14,25H,1-3,5-8,11,24H2. The van der Waals surface area contributed by atoms with Gasteiger partial charge in [-0.2, -0.15) is 13.2 Å². The zero-order valence-electron chi connectivity index (χ0n) is 15.0. The first-order chi connectivity index (χ1) is 12.7. The van der Waals surface area contributed by atoms with E-state index in [-0.39, 0.29) is 17.4 Å². The van der Waals surface area contributed by atoms with E-state index < -0.39 is 17.4 Å². The first-order valence-corrected chi connectivity index (χ1v) is 9.62. The fourth-order valence-electron chi connectivity index (χ4n) is 3.32. The summed E-state index contributed by atoms with van der Waals surface area (Å²) in [5, 5.41) is 3.40. The molecule has 1 radical (unpaired) electrons.